The van der Waals surface area contributed by atoms with Crippen LogP contribution in [-0.2, 0) is 0 Å². The second kappa shape index (κ2) is 7.01. The monoisotopic (exact) mass is 331 g/mol. The molecule has 0 N–H and O–H groups in total. The molecule has 23 heavy (non-hydrogen) atoms. The molecule has 0 amide bonds. The quantitative estimate of drug-likeness (QED) is 0.559. The van der Waals surface area contributed by atoms with Gasteiger partial charge in [-0.15, -0.1) is 11.8 Å². The molecular weight excluding hydrogens is 298 g/mol. The molecule has 0 fully saturated rings. The lowest BCUT2D eigenvalue weighted by Gasteiger charge is -2.33. The molecule has 1 unspecified atom stereocenters. The van der Waals surface area contributed by atoms with E-state index >= 15 is 0 Å². The molecule has 0 spiro atoms. The van der Waals surface area contributed by atoms with Crippen LogP contribution in [0.1, 0.15) is 93.6 Å². The van der Waals surface area contributed by atoms with E-state index in [1.807, 2.05) is 0 Å². The van der Waals surface area contributed by atoms with Crippen LogP contribution in [0.25, 0.3) is 0 Å². The molecule has 2 rings (SSSR count). The van der Waals surface area contributed by atoms with Gasteiger partial charge in [0.2, 0.25) is 0 Å². The second-order valence-electron chi connectivity index (χ2n) is 7.79. The Balaban J connectivity index is 2.85. The molecule has 128 valence electrons. The number of hydrogen-bond donors (Lipinski definition) is 0. The van der Waals surface area contributed by atoms with Crippen molar-refractivity contribution in [2.75, 3.05) is 0 Å². The molecule has 0 aromatic carbocycles. The van der Waals surface area contributed by atoms with Crippen LogP contribution in [0, 0.1) is 19.8 Å². The average Bonchev–Trinajstić information content (AvgIpc) is 2.44. The molecule has 1 aromatic rings. The number of thioether (sulfide) groups is 1. The fourth-order valence-corrected chi connectivity index (χ4v) is 5.03. The maximum atomic E-state index is 5.03. The largest absolute Gasteiger partial charge is 0.257 e. The first-order chi connectivity index (χ1) is 10.6. The van der Waals surface area contributed by atoms with Gasteiger partial charge in [-0.1, -0.05) is 39.3 Å². The van der Waals surface area contributed by atoms with E-state index in [0.717, 1.165) is 0 Å². The molecule has 3 atom stereocenters. The van der Waals surface area contributed by atoms with Gasteiger partial charge in [0.05, 0.1) is 0 Å². The van der Waals surface area contributed by atoms with Crippen LogP contribution in [-0.4, -0.2) is 10.2 Å². The summed E-state index contributed by atoms with van der Waals surface area (Å²) in [6, 6.07) is 0. The molecule has 2 heterocycles. The number of allylic oxidation sites excluding steroid dienone is 1. The molecule has 1 nitrogen and oxygen atoms in total. The minimum absolute atomic E-state index is 0.465. The van der Waals surface area contributed by atoms with E-state index in [-0.39, 0.29) is 0 Å². The Morgan fingerprint density at radius 3 is 2.09 bits per heavy atom. The average molecular weight is 332 g/mol. The fraction of sp³-hybridized carbons (Fsp3) is 0.667. The summed E-state index contributed by atoms with van der Waals surface area (Å²) in [5.41, 5.74) is 8.50. The summed E-state index contributed by atoms with van der Waals surface area (Å²) in [6.45, 7) is 20.7. The summed E-state index contributed by atoms with van der Waals surface area (Å²) in [4.78, 5) is 5.03. The van der Waals surface area contributed by atoms with Crippen LogP contribution in [0.3, 0.4) is 0 Å². The van der Waals surface area contributed by atoms with E-state index in [0.29, 0.717) is 28.3 Å². The van der Waals surface area contributed by atoms with Crippen molar-refractivity contribution in [2.45, 2.75) is 84.6 Å². The van der Waals surface area contributed by atoms with Crippen molar-refractivity contribution in [3.8, 4) is 0 Å². The minimum Gasteiger partial charge on any atom is -0.257 e. The molecule has 0 radical (unpaired) electrons. The minimum atomic E-state index is 0.465. The summed E-state index contributed by atoms with van der Waals surface area (Å²) in [7, 11) is 0. The third-order valence-electron chi connectivity index (χ3n) is 5.30. The second-order valence-corrected chi connectivity index (χ2v) is 9.48. The fourth-order valence-electron chi connectivity index (χ4n) is 3.68. The van der Waals surface area contributed by atoms with Crippen molar-refractivity contribution in [2.24, 2.45) is 5.92 Å². The van der Waals surface area contributed by atoms with Gasteiger partial charge in [-0.25, -0.2) is 0 Å². The summed E-state index contributed by atoms with van der Waals surface area (Å²) >= 11 is 2.09. The lowest BCUT2D eigenvalue weighted by Crippen LogP contribution is -2.20. The van der Waals surface area contributed by atoms with Crippen molar-refractivity contribution in [1.82, 2.24) is 4.98 Å². The van der Waals surface area contributed by atoms with E-state index in [9.17, 15) is 0 Å². The van der Waals surface area contributed by atoms with Crippen LogP contribution in [0.15, 0.2) is 11.6 Å². The van der Waals surface area contributed by atoms with Crippen molar-refractivity contribution >= 4 is 11.8 Å². The molecule has 1 aliphatic rings. The van der Waals surface area contributed by atoms with Gasteiger partial charge in [0.1, 0.15) is 0 Å². The van der Waals surface area contributed by atoms with Crippen molar-refractivity contribution in [3.63, 3.8) is 0 Å². The summed E-state index contributed by atoms with van der Waals surface area (Å²) in [5, 5.41) is 1.10. The Labute approximate surface area is 147 Å². The van der Waals surface area contributed by atoms with Crippen LogP contribution in [0.2, 0.25) is 0 Å². The van der Waals surface area contributed by atoms with Crippen molar-refractivity contribution < 1.29 is 0 Å². The zero-order valence-corrected chi connectivity index (χ0v) is 17.1. The van der Waals surface area contributed by atoms with Gasteiger partial charge in [0.25, 0.3) is 0 Å². The van der Waals surface area contributed by atoms with E-state index < -0.39 is 0 Å². The zero-order valence-electron chi connectivity index (χ0n) is 16.3. The highest BCUT2D eigenvalue weighted by molar-refractivity contribution is 8.00. The molecule has 0 saturated carbocycles. The standard InChI is InChI=1S/C21H33NS/c1-11(2)18-10-13(5)16(8)23-17(9)19-14(6)15(7)22-21(12(3)4)20(18)19/h10-12,16-18H,1-9H3/b13-10-/t16-,17+,18?/m1/s1. The van der Waals surface area contributed by atoms with E-state index in [2.05, 4.69) is 80.2 Å². The third kappa shape index (κ3) is 3.52. The predicted molar refractivity (Wildman–Crippen MR) is 105 cm³/mol. The number of nitrogens with zero attached hydrogens (tertiary/aromatic N) is 1. The van der Waals surface area contributed by atoms with Gasteiger partial charge >= 0.3 is 0 Å². The van der Waals surface area contributed by atoms with Gasteiger partial charge in [-0.3, -0.25) is 4.98 Å². The molecular formula is C21H33NS. The SMILES string of the molecule is C/C1=C/C(C(C)C)c2c(C(C)C)nc(C)c(C)c2[C@H](C)S[C@@H]1C. The van der Waals surface area contributed by atoms with Gasteiger partial charge in [-0.2, -0.15) is 0 Å². The Bertz CT molecular complexity index is 613. The summed E-state index contributed by atoms with van der Waals surface area (Å²) < 4.78 is 0. The van der Waals surface area contributed by atoms with Gasteiger partial charge in [-0.05, 0) is 63.1 Å². The third-order valence-corrected chi connectivity index (χ3v) is 6.72. The highest BCUT2D eigenvalue weighted by atomic mass is 32.2. The number of fused-ring (bicyclic) bond motifs is 1. The molecule has 0 aliphatic carbocycles. The normalized spacial score (nSPS) is 27.4. The van der Waals surface area contributed by atoms with E-state index in [4.69, 9.17) is 4.98 Å². The number of rotatable bonds is 2. The lowest BCUT2D eigenvalue weighted by atomic mass is 9.79. The maximum Gasteiger partial charge on any atom is 0.0473 e. The number of aryl methyl sites for hydroxylation is 1. The van der Waals surface area contributed by atoms with Crippen LogP contribution >= 0.6 is 11.8 Å². The Hall–Kier alpha value is -0.760. The van der Waals surface area contributed by atoms with E-state index in [1.54, 1.807) is 5.56 Å². The first kappa shape index (κ1) is 18.6. The Morgan fingerprint density at radius 1 is 0.957 bits per heavy atom. The summed E-state index contributed by atoms with van der Waals surface area (Å²) in [6.07, 6.45) is 2.52. The predicted octanol–water partition coefficient (Wildman–Crippen LogP) is 6.70. The topological polar surface area (TPSA) is 12.9 Å². The smallest absolute Gasteiger partial charge is 0.0473 e. The molecule has 0 bridgehead atoms. The van der Waals surface area contributed by atoms with Gasteiger partial charge in [0.15, 0.2) is 0 Å². The number of pyridine rings is 1. The van der Waals surface area contributed by atoms with E-state index in [1.165, 1.54) is 28.1 Å². The van der Waals surface area contributed by atoms with Crippen molar-refractivity contribution in [1.29, 1.82) is 0 Å². The van der Waals surface area contributed by atoms with Gasteiger partial charge < -0.3 is 0 Å². The van der Waals surface area contributed by atoms with Crippen LogP contribution < -0.4 is 0 Å². The summed E-state index contributed by atoms with van der Waals surface area (Å²) in [5.74, 6) is 1.53. The first-order valence-electron chi connectivity index (χ1n) is 8.99. The Kier molecular flexibility index (Phi) is 5.66. The first-order valence-corrected chi connectivity index (χ1v) is 9.94. The van der Waals surface area contributed by atoms with Gasteiger partial charge in [0, 0.05) is 27.8 Å². The molecule has 1 aliphatic heterocycles. The molecule has 2 heteroatoms. The highest BCUT2D eigenvalue weighted by Crippen LogP contribution is 2.47. The van der Waals surface area contributed by atoms with Crippen LogP contribution in [0.5, 0.6) is 0 Å². The van der Waals surface area contributed by atoms with Crippen LogP contribution in [0.4, 0.5) is 0 Å². The molecule has 0 saturated heterocycles. The van der Waals surface area contributed by atoms with Crippen molar-refractivity contribution in [3.05, 3.63) is 39.7 Å². The highest BCUT2D eigenvalue weighted by Gasteiger charge is 2.30. The number of hydrogen-bond acceptors (Lipinski definition) is 2. The lowest BCUT2D eigenvalue weighted by molar-refractivity contribution is 0.556. The Morgan fingerprint density at radius 2 is 1.57 bits per heavy atom. The molecule has 1 aromatic heterocycles. The maximum absolute atomic E-state index is 5.03. The zero-order chi connectivity index (χ0) is 17.5. The number of aromatic nitrogens is 1.